The largest absolute Gasteiger partial charge is 0.493 e. The van der Waals surface area contributed by atoms with Crippen LogP contribution < -0.4 is 10.4 Å². The molecule has 0 atom stereocenters. The molecule has 0 saturated heterocycles. The molecule has 2 rings (SSSR count). The molecule has 3 nitrogen and oxygen atoms in total. The maximum atomic E-state index is 11.9. The summed E-state index contributed by atoms with van der Waals surface area (Å²) in [7, 11) is 0. The van der Waals surface area contributed by atoms with Crippen molar-refractivity contribution in [3.63, 3.8) is 0 Å². The van der Waals surface area contributed by atoms with Gasteiger partial charge in [0.05, 0.1) is 10.2 Å². The predicted molar refractivity (Wildman–Crippen MR) is 80.5 cm³/mol. The van der Waals surface area contributed by atoms with Gasteiger partial charge in [-0.15, -0.1) is 0 Å². The standard InChI is InChI=1S/C14H15IO3/c1-4-9-8(3)10-6-7-11(17-5-2)12(15)13(10)18-14(9)16/h6-7H,4-5H2,1-3H3. The van der Waals surface area contributed by atoms with Crippen LogP contribution >= 0.6 is 22.6 Å². The van der Waals surface area contributed by atoms with E-state index in [1.165, 1.54) is 0 Å². The van der Waals surface area contributed by atoms with Crippen LogP contribution in [-0.2, 0) is 6.42 Å². The van der Waals surface area contributed by atoms with Gasteiger partial charge in [0.2, 0.25) is 0 Å². The summed E-state index contributed by atoms with van der Waals surface area (Å²) >= 11 is 2.16. The minimum Gasteiger partial charge on any atom is -0.493 e. The Balaban J connectivity index is 2.80. The highest BCUT2D eigenvalue weighted by Crippen LogP contribution is 2.31. The molecule has 1 aromatic heterocycles. The first-order valence-electron chi connectivity index (χ1n) is 5.97. The third-order valence-corrected chi connectivity index (χ3v) is 4.03. The molecule has 0 N–H and O–H groups in total. The molecule has 1 heterocycles. The van der Waals surface area contributed by atoms with Crippen LogP contribution in [-0.4, -0.2) is 6.61 Å². The number of hydrogen-bond donors (Lipinski definition) is 0. The van der Waals surface area contributed by atoms with Crippen molar-refractivity contribution in [3.05, 3.63) is 37.2 Å². The molecule has 0 aliphatic rings. The number of halogens is 1. The average Bonchev–Trinajstić information content (AvgIpc) is 2.34. The Morgan fingerprint density at radius 3 is 2.67 bits per heavy atom. The zero-order valence-electron chi connectivity index (χ0n) is 10.7. The molecule has 0 saturated carbocycles. The third-order valence-electron chi connectivity index (χ3n) is 3.01. The molecule has 2 aromatic rings. The molecule has 0 amide bonds. The Morgan fingerprint density at radius 2 is 2.06 bits per heavy atom. The van der Waals surface area contributed by atoms with Crippen molar-refractivity contribution in [1.82, 2.24) is 0 Å². The first kappa shape index (κ1) is 13.4. The van der Waals surface area contributed by atoms with E-state index in [0.717, 1.165) is 25.8 Å². The Labute approximate surface area is 119 Å². The second-order valence-electron chi connectivity index (χ2n) is 4.03. The van der Waals surface area contributed by atoms with Gasteiger partial charge in [-0.3, -0.25) is 0 Å². The van der Waals surface area contributed by atoms with Gasteiger partial charge in [0.15, 0.2) is 5.58 Å². The number of ether oxygens (including phenoxy) is 1. The first-order chi connectivity index (χ1) is 8.60. The van der Waals surface area contributed by atoms with E-state index < -0.39 is 0 Å². The molecule has 0 fully saturated rings. The van der Waals surface area contributed by atoms with Crippen LogP contribution in [0.5, 0.6) is 5.75 Å². The molecule has 0 aliphatic carbocycles. The van der Waals surface area contributed by atoms with Gasteiger partial charge in [-0.2, -0.15) is 0 Å². The van der Waals surface area contributed by atoms with Crippen molar-refractivity contribution >= 4 is 33.6 Å². The molecular weight excluding hydrogens is 343 g/mol. The van der Waals surface area contributed by atoms with Gasteiger partial charge in [-0.05, 0) is 60.6 Å². The molecule has 0 radical (unpaired) electrons. The number of benzene rings is 1. The number of fused-ring (bicyclic) bond motifs is 1. The van der Waals surface area contributed by atoms with Gasteiger partial charge in [-0.25, -0.2) is 4.79 Å². The van der Waals surface area contributed by atoms with Crippen LogP contribution in [0.2, 0.25) is 0 Å². The number of rotatable bonds is 3. The average molecular weight is 358 g/mol. The van der Waals surface area contributed by atoms with E-state index in [0.29, 0.717) is 18.6 Å². The highest BCUT2D eigenvalue weighted by molar-refractivity contribution is 14.1. The lowest BCUT2D eigenvalue weighted by molar-refractivity contribution is 0.337. The molecular formula is C14H15IO3. The van der Waals surface area contributed by atoms with E-state index in [1.54, 1.807) is 0 Å². The number of aryl methyl sites for hydroxylation is 1. The van der Waals surface area contributed by atoms with Crippen LogP contribution in [0.15, 0.2) is 21.3 Å². The van der Waals surface area contributed by atoms with Gasteiger partial charge in [-0.1, -0.05) is 6.92 Å². The fourth-order valence-electron chi connectivity index (χ4n) is 2.08. The minimum absolute atomic E-state index is 0.242. The molecule has 1 aromatic carbocycles. The van der Waals surface area contributed by atoms with Crippen molar-refractivity contribution < 1.29 is 9.15 Å². The van der Waals surface area contributed by atoms with Gasteiger partial charge in [0.25, 0.3) is 0 Å². The second-order valence-corrected chi connectivity index (χ2v) is 5.11. The molecule has 18 heavy (non-hydrogen) atoms. The summed E-state index contributed by atoms with van der Waals surface area (Å²) in [5, 5.41) is 0.985. The molecule has 96 valence electrons. The third kappa shape index (κ3) is 2.13. The topological polar surface area (TPSA) is 39.4 Å². The molecule has 0 unspecified atom stereocenters. The van der Waals surface area contributed by atoms with Gasteiger partial charge in [0.1, 0.15) is 5.75 Å². The summed E-state index contributed by atoms with van der Waals surface area (Å²) in [5.41, 5.74) is 2.14. The van der Waals surface area contributed by atoms with Crippen LogP contribution in [0, 0.1) is 10.5 Å². The van der Waals surface area contributed by atoms with Crippen LogP contribution in [0.25, 0.3) is 11.0 Å². The zero-order chi connectivity index (χ0) is 13.3. The smallest absolute Gasteiger partial charge is 0.339 e. The van der Waals surface area contributed by atoms with E-state index in [4.69, 9.17) is 9.15 Å². The van der Waals surface area contributed by atoms with Gasteiger partial charge < -0.3 is 9.15 Å². The van der Waals surface area contributed by atoms with Gasteiger partial charge in [0, 0.05) is 10.9 Å². The lowest BCUT2D eigenvalue weighted by atomic mass is 10.0. The van der Waals surface area contributed by atoms with Crippen molar-refractivity contribution in [2.75, 3.05) is 6.61 Å². The van der Waals surface area contributed by atoms with Gasteiger partial charge >= 0.3 is 5.63 Å². The Hall–Kier alpha value is -1.04. The molecule has 0 aliphatic heterocycles. The second kappa shape index (κ2) is 5.30. The maximum absolute atomic E-state index is 11.9. The fourth-order valence-corrected chi connectivity index (χ4v) is 2.82. The highest BCUT2D eigenvalue weighted by atomic mass is 127. The van der Waals surface area contributed by atoms with Crippen molar-refractivity contribution in [2.24, 2.45) is 0 Å². The Bertz CT molecular complexity index is 644. The normalized spacial score (nSPS) is 10.9. The predicted octanol–water partition coefficient (Wildman–Crippen LogP) is 3.67. The SMILES string of the molecule is CCOc1ccc2c(C)c(CC)c(=O)oc2c1I. The van der Waals surface area contributed by atoms with E-state index >= 15 is 0 Å². The van der Waals surface area contributed by atoms with Crippen molar-refractivity contribution in [1.29, 1.82) is 0 Å². The van der Waals surface area contributed by atoms with E-state index in [-0.39, 0.29) is 5.63 Å². The quantitative estimate of drug-likeness (QED) is 0.621. The van der Waals surface area contributed by atoms with Crippen molar-refractivity contribution in [2.45, 2.75) is 27.2 Å². The van der Waals surface area contributed by atoms with E-state index in [9.17, 15) is 4.79 Å². The van der Waals surface area contributed by atoms with Crippen LogP contribution in [0.3, 0.4) is 0 Å². The summed E-state index contributed by atoms with van der Waals surface area (Å²) in [6.07, 6.45) is 0.688. The molecule has 0 spiro atoms. The Kier molecular flexibility index (Phi) is 3.94. The summed E-state index contributed by atoms with van der Waals surface area (Å²) in [4.78, 5) is 11.9. The summed E-state index contributed by atoms with van der Waals surface area (Å²) in [6.45, 7) is 6.46. The molecule has 4 heteroatoms. The zero-order valence-corrected chi connectivity index (χ0v) is 12.8. The fraction of sp³-hybridized carbons (Fsp3) is 0.357. The molecule has 0 bridgehead atoms. The Morgan fingerprint density at radius 1 is 1.33 bits per heavy atom. The van der Waals surface area contributed by atoms with E-state index in [2.05, 4.69) is 22.6 Å². The lowest BCUT2D eigenvalue weighted by Gasteiger charge is -2.10. The summed E-state index contributed by atoms with van der Waals surface area (Å²) in [6, 6.07) is 3.89. The van der Waals surface area contributed by atoms with E-state index in [1.807, 2.05) is 32.9 Å². The maximum Gasteiger partial charge on any atom is 0.339 e. The monoisotopic (exact) mass is 358 g/mol. The van der Waals surface area contributed by atoms with Crippen LogP contribution in [0.1, 0.15) is 25.0 Å². The summed E-state index contributed by atoms with van der Waals surface area (Å²) < 4.78 is 11.8. The first-order valence-corrected chi connectivity index (χ1v) is 7.05. The van der Waals surface area contributed by atoms with Crippen LogP contribution in [0.4, 0.5) is 0 Å². The number of hydrogen-bond acceptors (Lipinski definition) is 3. The summed E-state index contributed by atoms with van der Waals surface area (Å²) in [5.74, 6) is 0.761. The highest BCUT2D eigenvalue weighted by Gasteiger charge is 2.14. The minimum atomic E-state index is -0.242. The van der Waals surface area contributed by atoms with Crippen molar-refractivity contribution in [3.8, 4) is 5.75 Å². The lowest BCUT2D eigenvalue weighted by Crippen LogP contribution is -2.09.